The van der Waals surface area contributed by atoms with E-state index in [1.165, 1.54) is 19.2 Å². The van der Waals surface area contributed by atoms with Crippen LogP contribution in [0.4, 0.5) is 10.1 Å². The number of ether oxygens (including phenoxy) is 3. The number of rotatable bonds is 6. The van der Waals surface area contributed by atoms with Gasteiger partial charge in [0.2, 0.25) is 5.78 Å². The Hall–Kier alpha value is -4.13. The molecule has 1 aliphatic rings. The van der Waals surface area contributed by atoms with Gasteiger partial charge in [0, 0.05) is 6.07 Å². The van der Waals surface area contributed by atoms with E-state index in [0.717, 1.165) is 0 Å². The van der Waals surface area contributed by atoms with Crippen LogP contribution in [0, 0.1) is 5.82 Å². The molecule has 31 heavy (non-hydrogen) atoms. The maximum Gasteiger partial charge on any atom is 0.262 e. The van der Waals surface area contributed by atoms with Gasteiger partial charge in [-0.25, -0.2) is 4.39 Å². The Morgan fingerprint density at radius 2 is 1.87 bits per heavy atom. The number of halogens is 1. The fraction of sp³-hybridized carbons (Fsp3) is 0.0833. The molecule has 0 saturated carbocycles. The highest BCUT2D eigenvalue weighted by molar-refractivity contribution is 6.14. The molecule has 0 aliphatic carbocycles. The summed E-state index contributed by atoms with van der Waals surface area (Å²) in [5, 5.41) is 2.72. The Morgan fingerprint density at radius 1 is 1.10 bits per heavy atom. The lowest BCUT2D eigenvalue weighted by molar-refractivity contribution is -0.118. The summed E-state index contributed by atoms with van der Waals surface area (Å²) >= 11 is 0. The normalized spacial score (nSPS) is 13.5. The van der Waals surface area contributed by atoms with Crippen LogP contribution in [0.25, 0.3) is 6.08 Å². The van der Waals surface area contributed by atoms with E-state index in [0.29, 0.717) is 34.1 Å². The number of Topliss-reactive ketones (excluding diaryl/α,β-unsaturated/α-hetero) is 1. The number of methoxy groups -OCH3 is 1. The molecule has 1 heterocycles. The van der Waals surface area contributed by atoms with Crippen molar-refractivity contribution < 1.29 is 28.2 Å². The number of ketones is 1. The number of nitrogens with one attached hydrogen (secondary N) is 1. The second kappa shape index (κ2) is 8.71. The number of fused-ring (bicyclic) bond motifs is 1. The van der Waals surface area contributed by atoms with Gasteiger partial charge in [-0.05, 0) is 48.0 Å². The van der Waals surface area contributed by atoms with Crippen LogP contribution in [-0.4, -0.2) is 25.4 Å². The van der Waals surface area contributed by atoms with Crippen molar-refractivity contribution in [3.05, 3.63) is 89.4 Å². The maximum atomic E-state index is 13.1. The summed E-state index contributed by atoms with van der Waals surface area (Å²) < 4.78 is 29.4. The van der Waals surface area contributed by atoms with Gasteiger partial charge in [-0.2, -0.15) is 0 Å². The molecule has 0 atom stereocenters. The highest BCUT2D eigenvalue weighted by Gasteiger charge is 2.27. The first-order chi connectivity index (χ1) is 15.0. The fourth-order valence-corrected chi connectivity index (χ4v) is 3.05. The lowest BCUT2D eigenvalue weighted by Gasteiger charge is -2.11. The van der Waals surface area contributed by atoms with Gasteiger partial charge in [0.25, 0.3) is 5.91 Å². The Bertz CT molecular complexity index is 1170. The van der Waals surface area contributed by atoms with E-state index in [1.54, 1.807) is 60.7 Å². The van der Waals surface area contributed by atoms with E-state index in [1.807, 2.05) is 0 Å². The molecule has 0 fully saturated rings. The van der Waals surface area contributed by atoms with E-state index < -0.39 is 0 Å². The summed E-state index contributed by atoms with van der Waals surface area (Å²) in [5.74, 6) is 0.388. The predicted molar refractivity (Wildman–Crippen MR) is 113 cm³/mol. The molecule has 4 rings (SSSR count). The van der Waals surface area contributed by atoms with Crippen LogP contribution in [0.2, 0.25) is 0 Å². The standard InChI is InChI=1S/C24H18FNO5/c1-29-20-5-3-2-4-19(20)26-23(27)14-30-17-10-11-18-21(13-17)31-22(24(18)28)12-15-6-8-16(25)9-7-15/h2-13H,14H2,1H3,(H,26,27). The van der Waals surface area contributed by atoms with Crippen LogP contribution in [-0.2, 0) is 4.79 Å². The number of carbonyl (C=O) groups is 2. The first kappa shape index (κ1) is 20.2. The molecule has 3 aromatic rings. The third-order valence-electron chi connectivity index (χ3n) is 4.56. The molecule has 6 nitrogen and oxygen atoms in total. The van der Waals surface area contributed by atoms with E-state index in [-0.39, 0.29) is 29.9 Å². The van der Waals surface area contributed by atoms with E-state index in [4.69, 9.17) is 14.2 Å². The highest BCUT2D eigenvalue weighted by atomic mass is 19.1. The molecule has 3 aromatic carbocycles. The summed E-state index contributed by atoms with van der Waals surface area (Å²) in [7, 11) is 1.52. The SMILES string of the molecule is COc1ccccc1NC(=O)COc1ccc2c(c1)OC(=Cc1ccc(F)cc1)C2=O. The number of benzene rings is 3. The van der Waals surface area contributed by atoms with Crippen molar-refractivity contribution in [3.8, 4) is 17.2 Å². The second-order valence-electron chi connectivity index (χ2n) is 6.69. The van der Waals surface area contributed by atoms with Gasteiger partial charge in [-0.1, -0.05) is 24.3 Å². The zero-order chi connectivity index (χ0) is 21.8. The van der Waals surface area contributed by atoms with Crippen LogP contribution >= 0.6 is 0 Å². The zero-order valence-corrected chi connectivity index (χ0v) is 16.6. The van der Waals surface area contributed by atoms with Crippen LogP contribution < -0.4 is 19.5 Å². The number of carbonyl (C=O) groups excluding carboxylic acids is 2. The van der Waals surface area contributed by atoms with Crippen LogP contribution in [0.3, 0.4) is 0 Å². The molecule has 1 amide bonds. The molecule has 0 saturated heterocycles. The highest BCUT2D eigenvalue weighted by Crippen LogP contribution is 2.35. The van der Waals surface area contributed by atoms with E-state index in [9.17, 15) is 14.0 Å². The van der Waals surface area contributed by atoms with Crippen LogP contribution in [0.1, 0.15) is 15.9 Å². The summed E-state index contributed by atoms with van der Waals surface area (Å²) in [4.78, 5) is 24.7. The zero-order valence-electron chi connectivity index (χ0n) is 16.6. The van der Waals surface area contributed by atoms with E-state index in [2.05, 4.69) is 5.32 Å². The predicted octanol–water partition coefficient (Wildman–Crippen LogP) is 4.47. The molecule has 0 spiro atoms. The average molecular weight is 419 g/mol. The van der Waals surface area contributed by atoms with Gasteiger partial charge in [0.05, 0.1) is 18.4 Å². The third-order valence-corrected chi connectivity index (χ3v) is 4.56. The molecule has 0 unspecified atom stereocenters. The van der Waals surface area contributed by atoms with Crippen LogP contribution in [0.5, 0.6) is 17.2 Å². The topological polar surface area (TPSA) is 73.9 Å². The number of amides is 1. The van der Waals surface area contributed by atoms with Crippen molar-refractivity contribution in [2.45, 2.75) is 0 Å². The lowest BCUT2D eigenvalue weighted by atomic mass is 10.1. The van der Waals surface area contributed by atoms with Crippen molar-refractivity contribution in [1.82, 2.24) is 0 Å². The largest absolute Gasteiger partial charge is 0.495 e. The minimum Gasteiger partial charge on any atom is -0.495 e. The van der Waals surface area contributed by atoms with Crippen molar-refractivity contribution in [3.63, 3.8) is 0 Å². The van der Waals surface area contributed by atoms with Crippen LogP contribution in [0.15, 0.2) is 72.5 Å². The van der Waals surface area contributed by atoms with Gasteiger partial charge >= 0.3 is 0 Å². The van der Waals surface area contributed by atoms with Crippen molar-refractivity contribution in [1.29, 1.82) is 0 Å². The summed E-state index contributed by atoms with van der Waals surface area (Å²) in [6.45, 7) is -0.233. The molecular formula is C24H18FNO5. The minimum atomic E-state index is -0.362. The fourth-order valence-electron chi connectivity index (χ4n) is 3.05. The molecule has 0 radical (unpaired) electrons. The number of para-hydroxylation sites is 2. The molecule has 0 bridgehead atoms. The Kier molecular flexibility index (Phi) is 5.66. The summed E-state index contributed by atoms with van der Waals surface area (Å²) in [6.07, 6.45) is 1.54. The molecule has 7 heteroatoms. The van der Waals surface area contributed by atoms with Gasteiger partial charge in [-0.15, -0.1) is 0 Å². The minimum absolute atomic E-state index is 0.132. The molecule has 0 aromatic heterocycles. The first-order valence-electron chi connectivity index (χ1n) is 9.43. The molecule has 1 N–H and O–H groups in total. The first-order valence-corrected chi connectivity index (χ1v) is 9.43. The van der Waals surface area contributed by atoms with Crippen molar-refractivity contribution >= 4 is 23.5 Å². The Morgan fingerprint density at radius 3 is 2.65 bits per heavy atom. The van der Waals surface area contributed by atoms with Gasteiger partial charge < -0.3 is 19.5 Å². The number of hydrogen-bond donors (Lipinski definition) is 1. The number of allylic oxidation sites excluding steroid dienone is 1. The smallest absolute Gasteiger partial charge is 0.262 e. The average Bonchev–Trinajstić information content (AvgIpc) is 3.09. The maximum absolute atomic E-state index is 13.1. The molecule has 1 aliphatic heterocycles. The molecule has 156 valence electrons. The van der Waals surface area contributed by atoms with Gasteiger partial charge in [0.15, 0.2) is 12.4 Å². The Labute approximate surface area is 177 Å². The summed E-state index contributed by atoms with van der Waals surface area (Å²) in [6, 6.07) is 17.5. The second-order valence-corrected chi connectivity index (χ2v) is 6.69. The number of anilines is 1. The third kappa shape index (κ3) is 4.56. The number of hydrogen-bond acceptors (Lipinski definition) is 5. The lowest BCUT2D eigenvalue weighted by Crippen LogP contribution is -2.20. The molecular weight excluding hydrogens is 401 g/mol. The van der Waals surface area contributed by atoms with Crippen molar-refractivity contribution in [2.24, 2.45) is 0 Å². The Balaban J connectivity index is 1.41. The van der Waals surface area contributed by atoms with E-state index >= 15 is 0 Å². The van der Waals surface area contributed by atoms with Gasteiger partial charge in [-0.3, -0.25) is 9.59 Å². The van der Waals surface area contributed by atoms with Gasteiger partial charge in [0.1, 0.15) is 23.1 Å². The van der Waals surface area contributed by atoms with Crippen molar-refractivity contribution in [2.75, 3.05) is 19.0 Å². The monoisotopic (exact) mass is 419 g/mol. The summed E-state index contributed by atoms with van der Waals surface area (Å²) in [5.41, 5.74) is 1.57. The quantitative estimate of drug-likeness (QED) is 0.597.